The molecule has 2 aromatic rings. The molecule has 1 heterocycles. The Bertz CT molecular complexity index is 496. The lowest BCUT2D eigenvalue weighted by Crippen LogP contribution is -2.14. The van der Waals surface area contributed by atoms with Crippen LogP contribution in [0.25, 0.3) is 0 Å². The number of aromatic hydroxyl groups is 1. The molecule has 1 unspecified atom stereocenters. The fourth-order valence-electron chi connectivity index (χ4n) is 1.73. The second-order valence-electron chi connectivity index (χ2n) is 3.78. The second-order valence-corrected chi connectivity index (χ2v) is 3.78. The highest BCUT2D eigenvalue weighted by Crippen LogP contribution is 2.24. The number of phenols is 1. The van der Waals surface area contributed by atoms with Gasteiger partial charge in [-0.3, -0.25) is 4.68 Å². The van der Waals surface area contributed by atoms with Crippen molar-refractivity contribution in [3.05, 3.63) is 47.8 Å². The summed E-state index contributed by atoms with van der Waals surface area (Å²) < 4.78 is 1.64. The van der Waals surface area contributed by atoms with E-state index in [4.69, 9.17) is 5.73 Å². The zero-order valence-electron chi connectivity index (χ0n) is 9.32. The van der Waals surface area contributed by atoms with Crippen LogP contribution in [-0.2, 0) is 13.1 Å². The summed E-state index contributed by atoms with van der Waals surface area (Å²) >= 11 is 0. The predicted molar refractivity (Wildman–Crippen MR) is 63.2 cm³/mol. The van der Waals surface area contributed by atoms with Gasteiger partial charge in [0.2, 0.25) is 0 Å². The van der Waals surface area contributed by atoms with Crippen LogP contribution in [0.5, 0.6) is 5.75 Å². The summed E-state index contributed by atoms with van der Waals surface area (Å²) in [5, 5.41) is 23.7. The topological polar surface area (TPSA) is 84.3 Å². The van der Waals surface area contributed by atoms with E-state index in [0.29, 0.717) is 12.1 Å². The van der Waals surface area contributed by atoms with Crippen LogP contribution in [0.4, 0.5) is 0 Å². The summed E-state index contributed by atoms with van der Waals surface area (Å²) in [5.74, 6) is 0.0847. The van der Waals surface area contributed by atoms with Gasteiger partial charge in [-0.25, -0.2) is 0 Å². The van der Waals surface area contributed by atoms with Crippen molar-refractivity contribution in [2.75, 3.05) is 0 Å². The van der Waals surface area contributed by atoms with Gasteiger partial charge in [0.25, 0.3) is 0 Å². The molecule has 0 saturated carbocycles. The first-order chi connectivity index (χ1) is 8.22. The lowest BCUT2D eigenvalue weighted by molar-refractivity contribution is 0.147. The maximum absolute atomic E-state index is 10.0. The zero-order valence-corrected chi connectivity index (χ0v) is 9.32. The molecule has 5 heteroatoms. The fraction of sp³-hybridized carbons (Fsp3) is 0.250. The standard InChI is InChI=1S/C12H15N3O2/c13-7-9-5-6-14-15(9)8-12(17)10-3-1-2-4-11(10)16/h1-6,12,16-17H,7-8,13H2. The molecule has 17 heavy (non-hydrogen) atoms. The van der Waals surface area contributed by atoms with E-state index in [1.165, 1.54) is 0 Å². The van der Waals surface area contributed by atoms with Gasteiger partial charge < -0.3 is 15.9 Å². The molecule has 0 bridgehead atoms. The van der Waals surface area contributed by atoms with Crippen molar-refractivity contribution in [2.24, 2.45) is 5.73 Å². The smallest absolute Gasteiger partial charge is 0.121 e. The molecule has 1 aromatic carbocycles. The van der Waals surface area contributed by atoms with Gasteiger partial charge in [-0.2, -0.15) is 5.10 Å². The van der Waals surface area contributed by atoms with Gasteiger partial charge in [0, 0.05) is 18.3 Å². The minimum Gasteiger partial charge on any atom is -0.508 e. The minimum atomic E-state index is -0.804. The number of aromatic nitrogens is 2. The van der Waals surface area contributed by atoms with Crippen LogP contribution in [0.3, 0.4) is 0 Å². The van der Waals surface area contributed by atoms with Crippen LogP contribution in [0.1, 0.15) is 17.4 Å². The number of aliphatic hydroxyl groups is 1. The van der Waals surface area contributed by atoms with Crippen LogP contribution >= 0.6 is 0 Å². The third kappa shape index (κ3) is 2.46. The highest BCUT2D eigenvalue weighted by atomic mass is 16.3. The van der Waals surface area contributed by atoms with E-state index >= 15 is 0 Å². The highest BCUT2D eigenvalue weighted by molar-refractivity contribution is 5.33. The van der Waals surface area contributed by atoms with Crippen LogP contribution in [0, 0.1) is 0 Å². The van der Waals surface area contributed by atoms with Crippen LogP contribution < -0.4 is 5.73 Å². The summed E-state index contributed by atoms with van der Waals surface area (Å²) in [6.07, 6.45) is 0.834. The van der Waals surface area contributed by atoms with Crippen LogP contribution in [-0.4, -0.2) is 20.0 Å². The molecule has 0 aliphatic rings. The summed E-state index contributed by atoms with van der Waals surface area (Å²) in [5.41, 5.74) is 6.89. The van der Waals surface area contributed by atoms with Gasteiger partial charge in [-0.15, -0.1) is 0 Å². The molecule has 0 aliphatic carbocycles. The SMILES string of the molecule is NCc1ccnn1CC(O)c1ccccc1O. The van der Waals surface area contributed by atoms with Crippen molar-refractivity contribution in [3.8, 4) is 5.75 Å². The van der Waals surface area contributed by atoms with Crippen molar-refractivity contribution in [1.29, 1.82) is 0 Å². The zero-order chi connectivity index (χ0) is 12.3. The number of hydrogen-bond acceptors (Lipinski definition) is 4. The lowest BCUT2D eigenvalue weighted by Gasteiger charge is -2.14. The average molecular weight is 233 g/mol. The maximum atomic E-state index is 10.0. The van der Waals surface area contributed by atoms with E-state index in [1.807, 2.05) is 0 Å². The second kappa shape index (κ2) is 4.99. The van der Waals surface area contributed by atoms with Crippen molar-refractivity contribution >= 4 is 0 Å². The van der Waals surface area contributed by atoms with E-state index in [1.54, 1.807) is 41.2 Å². The molecule has 0 saturated heterocycles. The van der Waals surface area contributed by atoms with E-state index in [2.05, 4.69) is 5.10 Å². The Labute approximate surface area is 99.1 Å². The Kier molecular flexibility index (Phi) is 3.41. The summed E-state index contributed by atoms with van der Waals surface area (Å²) in [7, 11) is 0. The molecule has 5 nitrogen and oxygen atoms in total. The number of aliphatic hydroxyl groups excluding tert-OH is 1. The molecule has 90 valence electrons. The molecule has 0 amide bonds. The number of para-hydroxylation sites is 1. The van der Waals surface area contributed by atoms with E-state index < -0.39 is 6.10 Å². The Morgan fingerprint density at radius 3 is 2.76 bits per heavy atom. The van der Waals surface area contributed by atoms with Gasteiger partial charge in [0.05, 0.1) is 12.2 Å². The first-order valence-electron chi connectivity index (χ1n) is 5.39. The quantitative estimate of drug-likeness (QED) is 0.728. The summed E-state index contributed by atoms with van der Waals surface area (Å²) in [6.45, 7) is 0.643. The Hall–Kier alpha value is -1.85. The largest absolute Gasteiger partial charge is 0.508 e. The maximum Gasteiger partial charge on any atom is 0.121 e. The molecule has 1 atom stereocenters. The Morgan fingerprint density at radius 2 is 2.06 bits per heavy atom. The number of phenolic OH excluding ortho intramolecular Hbond substituents is 1. The van der Waals surface area contributed by atoms with Gasteiger partial charge >= 0.3 is 0 Å². The fourth-order valence-corrected chi connectivity index (χ4v) is 1.73. The third-order valence-corrected chi connectivity index (χ3v) is 2.66. The number of nitrogens with zero attached hydrogens (tertiary/aromatic N) is 2. The van der Waals surface area contributed by atoms with Crippen molar-refractivity contribution in [2.45, 2.75) is 19.2 Å². The lowest BCUT2D eigenvalue weighted by atomic mass is 10.1. The molecule has 0 fully saturated rings. The number of hydrogen-bond donors (Lipinski definition) is 3. The van der Waals surface area contributed by atoms with E-state index in [0.717, 1.165) is 5.69 Å². The molecule has 0 radical (unpaired) electrons. The molecule has 2 rings (SSSR count). The molecule has 4 N–H and O–H groups in total. The van der Waals surface area contributed by atoms with Gasteiger partial charge in [-0.1, -0.05) is 18.2 Å². The minimum absolute atomic E-state index is 0.0847. The monoisotopic (exact) mass is 233 g/mol. The van der Waals surface area contributed by atoms with E-state index in [-0.39, 0.29) is 12.3 Å². The normalized spacial score (nSPS) is 12.6. The first kappa shape index (κ1) is 11.6. The first-order valence-corrected chi connectivity index (χ1v) is 5.39. The highest BCUT2D eigenvalue weighted by Gasteiger charge is 2.13. The molecule has 0 spiro atoms. The number of benzene rings is 1. The third-order valence-electron chi connectivity index (χ3n) is 2.66. The Morgan fingerprint density at radius 1 is 1.29 bits per heavy atom. The molecule has 1 aromatic heterocycles. The van der Waals surface area contributed by atoms with Gasteiger partial charge in [0.1, 0.15) is 11.9 Å². The van der Waals surface area contributed by atoms with Crippen LogP contribution in [0.2, 0.25) is 0 Å². The van der Waals surface area contributed by atoms with Crippen molar-refractivity contribution in [3.63, 3.8) is 0 Å². The van der Waals surface area contributed by atoms with Gasteiger partial charge in [-0.05, 0) is 12.1 Å². The van der Waals surface area contributed by atoms with E-state index in [9.17, 15) is 10.2 Å². The predicted octanol–water partition coefficient (Wildman–Crippen LogP) is 0.781. The average Bonchev–Trinajstić information content (AvgIpc) is 2.76. The molecular weight excluding hydrogens is 218 g/mol. The number of rotatable bonds is 4. The van der Waals surface area contributed by atoms with Crippen molar-refractivity contribution in [1.82, 2.24) is 9.78 Å². The molecular formula is C12H15N3O2. The Balaban J connectivity index is 2.17. The molecule has 0 aliphatic heterocycles. The van der Waals surface area contributed by atoms with Gasteiger partial charge in [0.15, 0.2) is 0 Å². The summed E-state index contributed by atoms with van der Waals surface area (Å²) in [6, 6.07) is 8.52. The van der Waals surface area contributed by atoms with Crippen molar-refractivity contribution < 1.29 is 10.2 Å². The number of nitrogens with two attached hydrogens (primary N) is 1. The van der Waals surface area contributed by atoms with Crippen LogP contribution in [0.15, 0.2) is 36.5 Å². The summed E-state index contributed by atoms with van der Waals surface area (Å²) in [4.78, 5) is 0.